The van der Waals surface area contributed by atoms with E-state index in [-0.39, 0.29) is 36.9 Å². The van der Waals surface area contributed by atoms with Crippen LogP contribution in [0.4, 0.5) is 14.9 Å². The Morgan fingerprint density at radius 2 is 1.79 bits per heavy atom. The number of hydrogen-bond acceptors (Lipinski definition) is 4. The Bertz CT molecular complexity index is 555. The van der Waals surface area contributed by atoms with Crippen LogP contribution in [0.3, 0.4) is 0 Å². The minimum Gasteiger partial charge on any atom is -0.463 e. The van der Waals surface area contributed by atoms with E-state index in [0.29, 0.717) is 26.2 Å². The van der Waals surface area contributed by atoms with Gasteiger partial charge in [-0.15, -0.1) is 0 Å². The third-order valence-electron chi connectivity index (χ3n) is 3.73. The Balaban J connectivity index is 1.70. The predicted octanol–water partition coefficient (Wildman–Crippen LogP) is 2.00. The topological polar surface area (TPSA) is 61.9 Å². The van der Waals surface area contributed by atoms with E-state index in [1.807, 2.05) is 0 Å². The van der Waals surface area contributed by atoms with E-state index in [0.717, 1.165) is 5.69 Å². The van der Waals surface area contributed by atoms with E-state index in [1.54, 1.807) is 30.9 Å². The molecule has 1 fully saturated rings. The lowest BCUT2D eigenvalue weighted by molar-refractivity contribution is -0.147. The van der Waals surface area contributed by atoms with Crippen LogP contribution in [-0.4, -0.2) is 55.7 Å². The Hall–Kier alpha value is -2.31. The fourth-order valence-corrected chi connectivity index (χ4v) is 2.52. The highest BCUT2D eigenvalue weighted by atomic mass is 19.1. The van der Waals surface area contributed by atoms with Gasteiger partial charge >= 0.3 is 12.0 Å². The van der Waals surface area contributed by atoms with Crippen molar-refractivity contribution in [2.24, 2.45) is 0 Å². The van der Waals surface area contributed by atoms with Gasteiger partial charge in [0.1, 0.15) is 5.82 Å². The van der Waals surface area contributed by atoms with Crippen LogP contribution in [0, 0.1) is 5.82 Å². The number of piperazine rings is 1. The molecule has 1 saturated heterocycles. The van der Waals surface area contributed by atoms with E-state index < -0.39 is 0 Å². The standard InChI is InChI=1S/C17H24FN3O3/c1-13(2)24-16(22)7-8-19-17(23)21-11-9-20(10-12-21)15-5-3-14(18)4-6-15/h3-6,13H,7-12H2,1-2H3,(H,19,23). The van der Waals surface area contributed by atoms with Crippen molar-refractivity contribution >= 4 is 17.7 Å². The lowest BCUT2D eigenvalue weighted by Gasteiger charge is -2.36. The molecule has 2 amide bonds. The van der Waals surface area contributed by atoms with Gasteiger partial charge in [-0.1, -0.05) is 0 Å². The maximum atomic E-state index is 13.0. The lowest BCUT2D eigenvalue weighted by atomic mass is 10.2. The lowest BCUT2D eigenvalue weighted by Crippen LogP contribution is -2.52. The molecule has 0 spiro atoms. The van der Waals surface area contributed by atoms with Crippen LogP contribution in [0.5, 0.6) is 0 Å². The van der Waals surface area contributed by atoms with Crippen molar-refractivity contribution in [1.82, 2.24) is 10.2 Å². The molecular formula is C17H24FN3O3. The number of nitrogens with one attached hydrogen (secondary N) is 1. The number of amides is 2. The highest BCUT2D eigenvalue weighted by molar-refractivity contribution is 5.76. The second-order valence-corrected chi connectivity index (χ2v) is 5.97. The molecule has 132 valence electrons. The molecule has 7 heteroatoms. The minimum absolute atomic E-state index is 0.146. The van der Waals surface area contributed by atoms with Gasteiger partial charge in [0.2, 0.25) is 0 Å². The molecule has 1 aromatic rings. The van der Waals surface area contributed by atoms with Crippen LogP contribution in [0.25, 0.3) is 0 Å². The number of anilines is 1. The quantitative estimate of drug-likeness (QED) is 0.835. The summed E-state index contributed by atoms with van der Waals surface area (Å²) < 4.78 is 18.0. The average Bonchev–Trinajstić information content (AvgIpc) is 2.55. The first-order valence-corrected chi connectivity index (χ1v) is 8.18. The summed E-state index contributed by atoms with van der Waals surface area (Å²) in [5.41, 5.74) is 0.952. The monoisotopic (exact) mass is 337 g/mol. The summed E-state index contributed by atoms with van der Waals surface area (Å²) in [4.78, 5) is 27.3. The summed E-state index contributed by atoms with van der Waals surface area (Å²) in [6.07, 6.45) is 0.0205. The van der Waals surface area contributed by atoms with Crippen molar-refractivity contribution in [3.05, 3.63) is 30.1 Å². The van der Waals surface area contributed by atoms with Gasteiger partial charge in [0.25, 0.3) is 0 Å². The van der Waals surface area contributed by atoms with Crippen molar-refractivity contribution in [1.29, 1.82) is 0 Å². The molecule has 24 heavy (non-hydrogen) atoms. The van der Waals surface area contributed by atoms with Crippen LogP contribution in [0.2, 0.25) is 0 Å². The number of esters is 1. The van der Waals surface area contributed by atoms with Gasteiger partial charge in [-0.2, -0.15) is 0 Å². The van der Waals surface area contributed by atoms with E-state index in [4.69, 9.17) is 4.74 Å². The third-order valence-corrected chi connectivity index (χ3v) is 3.73. The molecule has 1 aliphatic rings. The second kappa shape index (κ2) is 8.52. The SMILES string of the molecule is CC(C)OC(=O)CCNC(=O)N1CCN(c2ccc(F)cc2)CC1. The summed E-state index contributed by atoms with van der Waals surface area (Å²) in [7, 11) is 0. The first-order valence-electron chi connectivity index (χ1n) is 8.18. The fourth-order valence-electron chi connectivity index (χ4n) is 2.52. The van der Waals surface area contributed by atoms with Gasteiger partial charge in [0.05, 0.1) is 12.5 Å². The van der Waals surface area contributed by atoms with Crippen LogP contribution in [0.1, 0.15) is 20.3 Å². The van der Waals surface area contributed by atoms with Gasteiger partial charge in [-0.3, -0.25) is 4.79 Å². The van der Waals surface area contributed by atoms with E-state index in [2.05, 4.69) is 10.2 Å². The van der Waals surface area contributed by atoms with Gasteiger partial charge in [0.15, 0.2) is 0 Å². The smallest absolute Gasteiger partial charge is 0.317 e. The fraction of sp³-hybridized carbons (Fsp3) is 0.529. The molecule has 1 N–H and O–H groups in total. The molecule has 6 nitrogen and oxygen atoms in total. The summed E-state index contributed by atoms with van der Waals surface area (Å²) >= 11 is 0. The zero-order chi connectivity index (χ0) is 17.5. The Kier molecular flexibility index (Phi) is 6.40. The molecule has 0 atom stereocenters. The first kappa shape index (κ1) is 18.0. The molecule has 1 aliphatic heterocycles. The number of ether oxygens (including phenoxy) is 1. The summed E-state index contributed by atoms with van der Waals surface area (Å²) in [5.74, 6) is -0.570. The number of hydrogen-bond donors (Lipinski definition) is 1. The number of urea groups is 1. The summed E-state index contributed by atoms with van der Waals surface area (Å²) in [5, 5.41) is 2.74. The van der Waals surface area contributed by atoms with Gasteiger partial charge < -0.3 is 19.9 Å². The Labute approximate surface area is 141 Å². The van der Waals surface area contributed by atoms with Gasteiger partial charge in [0, 0.05) is 38.4 Å². The highest BCUT2D eigenvalue weighted by Gasteiger charge is 2.21. The molecule has 0 saturated carbocycles. The van der Waals surface area contributed by atoms with Crippen molar-refractivity contribution in [2.45, 2.75) is 26.4 Å². The van der Waals surface area contributed by atoms with E-state index in [9.17, 15) is 14.0 Å². The van der Waals surface area contributed by atoms with Crippen LogP contribution in [0.15, 0.2) is 24.3 Å². The van der Waals surface area contributed by atoms with Gasteiger partial charge in [-0.25, -0.2) is 9.18 Å². The summed E-state index contributed by atoms with van der Waals surface area (Å²) in [6, 6.07) is 6.18. The molecule has 0 aromatic heterocycles. The molecule has 2 rings (SSSR count). The van der Waals surface area contributed by atoms with Crippen LogP contribution >= 0.6 is 0 Å². The normalized spacial score (nSPS) is 14.7. The van der Waals surface area contributed by atoms with Crippen molar-refractivity contribution in [2.75, 3.05) is 37.6 Å². The third kappa shape index (κ3) is 5.40. The Morgan fingerprint density at radius 3 is 2.38 bits per heavy atom. The molecule has 1 heterocycles. The molecular weight excluding hydrogens is 313 g/mol. The number of carbonyl (C=O) groups excluding carboxylic acids is 2. The maximum absolute atomic E-state index is 13.0. The zero-order valence-corrected chi connectivity index (χ0v) is 14.1. The average molecular weight is 337 g/mol. The predicted molar refractivity (Wildman–Crippen MR) is 89.4 cm³/mol. The second-order valence-electron chi connectivity index (χ2n) is 5.97. The minimum atomic E-state index is -0.313. The molecule has 0 bridgehead atoms. The zero-order valence-electron chi connectivity index (χ0n) is 14.1. The molecule has 0 unspecified atom stereocenters. The van der Waals surface area contributed by atoms with Crippen LogP contribution < -0.4 is 10.2 Å². The maximum Gasteiger partial charge on any atom is 0.317 e. The molecule has 0 aliphatic carbocycles. The van der Waals surface area contributed by atoms with Crippen LogP contribution in [-0.2, 0) is 9.53 Å². The van der Waals surface area contributed by atoms with Crippen molar-refractivity contribution in [3.63, 3.8) is 0 Å². The molecule has 0 radical (unpaired) electrons. The van der Waals surface area contributed by atoms with Gasteiger partial charge in [-0.05, 0) is 38.1 Å². The number of rotatable bonds is 5. The number of nitrogens with zero attached hydrogens (tertiary/aromatic N) is 2. The number of halogens is 1. The molecule has 1 aromatic carbocycles. The highest BCUT2D eigenvalue weighted by Crippen LogP contribution is 2.16. The largest absolute Gasteiger partial charge is 0.463 e. The summed E-state index contributed by atoms with van der Waals surface area (Å²) in [6.45, 7) is 6.39. The number of benzene rings is 1. The van der Waals surface area contributed by atoms with E-state index >= 15 is 0 Å². The van der Waals surface area contributed by atoms with Crippen molar-refractivity contribution < 1.29 is 18.7 Å². The van der Waals surface area contributed by atoms with Crippen molar-refractivity contribution in [3.8, 4) is 0 Å². The van der Waals surface area contributed by atoms with E-state index in [1.165, 1.54) is 12.1 Å². The number of carbonyl (C=O) groups is 2. The first-order chi connectivity index (χ1) is 11.5. The Morgan fingerprint density at radius 1 is 1.17 bits per heavy atom.